The van der Waals surface area contributed by atoms with Crippen molar-refractivity contribution in [2.75, 3.05) is 29.1 Å². The lowest BCUT2D eigenvalue weighted by Gasteiger charge is -2.25. The van der Waals surface area contributed by atoms with Crippen molar-refractivity contribution in [3.8, 4) is 11.6 Å². The van der Waals surface area contributed by atoms with Crippen LogP contribution in [0.2, 0.25) is 0 Å². The van der Waals surface area contributed by atoms with Gasteiger partial charge in [-0.05, 0) is 42.7 Å². The smallest absolute Gasteiger partial charge is 0.234 e. The average Bonchev–Trinajstić information content (AvgIpc) is 3.47. The van der Waals surface area contributed by atoms with Crippen molar-refractivity contribution >= 4 is 29.0 Å². The Morgan fingerprint density at radius 3 is 2.46 bits per heavy atom. The lowest BCUT2D eigenvalue weighted by molar-refractivity contribution is -0.113. The standard InChI is InChI=1S/C27H29N5O2S/c33-25(28-22-13-6-7-14-23(22)31-16-8-1-2-9-17-31)20-35-27-30-29-26(24-15-10-18-34-24)32(27)19-21-11-4-3-5-12-21/h3-7,10-15,18H,1-2,8-9,16-17,19-20H2,(H,28,33). The number of thioether (sulfide) groups is 1. The molecule has 0 atom stereocenters. The Labute approximate surface area is 209 Å². The molecule has 1 saturated heterocycles. The van der Waals surface area contributed by atoms with Crippen molar-refractivity contribution in [3.05, 3.63) is 78.6 Å². The van der Waals surface area contributed by atoms with E-state index in [4.69, 9.17) is 4.42 Å². The van der Waals surface area contributed by atoms with Crippen LogP contribution in [0, 0.1) is 0 Å². The number of carbonyl (C=O) groups is 1. The van der Waals surface area contributed by atoms with Gasteiger partial charge in [0.25, 0.3) is 0 Å². The minimum absolute atomic E-state index is 0.0638. The van der Waals surface area contributed by atoms with E-state index in [2.05, 4.69) is 38.6 Å². The zero-order valence-corrected chi connectivity index (χ0v) is 20.4. The van der Waals surface area contributed by atoms with E-state index in [0.29, 0.717) is 23.3 Å². The fraction of sp³-hybridized carbons (Fsp3) is 0.296. The predicted octanol–water partition coefficient (Wildman–Crippen LogP) is 5.70. The summed E-state index contributed by atoms with van der Waals surface area (Å²) in [5.41, 5.74) is 3.08. The van der Waals surface area contributed by atoms with Gasteiger partial charge in [0.05, 0.1) is 29.9 Å². The molecule has 7 nitrogen and oxygen atoms in total. The average molecular weight is 488 g/mol. The summed E-state index contributed by atoms with van der Waals surface area (Å²) in [6.45, 7) is 2.64. The third kappa shape index (κ3) is 5.77. The number of nitrogens with one attached hydrogen (secondary N) is 1. The molecule has 0 aliphatic carbocycles. The van der Waals surface area contributed by atoms with Gasteiger partial charge in [-0.1, -0.05) is 67.1 Å². The Hall–Kier alpha value is -3.52. The molecule has 0 unspecified atom stereocenters. The molecule has 2 aromatic carbocycles. The summed E-state index contributed by atoms with van der Waals surface area (Å²) < 4.78 is 7.58. The number of anilines is 2. The molecule has 2 aromatic heterocycles. The molecule has 0 saturated carbocycles. The summed E-state index contributed by atoms with van der Waals surface area (Å²) in [6, 6.07) is 21.9. The summed E-state index contributed by atoms with van der Waals surface area (Å²) in [5.74, 6) is 1.47. The molecule has 1 amide bonds. The third-order valence-electron chi connectivity index (χ3n) is 6.10. The molecule has 1 aliphatic heterocycles. The molecule has 180 valence electrons. The van der Waals surface area contributed by atoms with Crippen molar-refractivity contribution < 1.29 is 9.21 Å². The van der Waals surface area contributed by atoms with E-state index in [1.54, 1.807) is 6.26 Å². The van der Waals surface area contributed by atoms with Gasteiger partial charge in [0, 0.05) is 13.1 Å². The Bertz CT molecular complexity index is 1230. The van der Waals surface area contributed by atoms with Gasteiger partial charge in [-0.2, -0.15) is 0 Å². The monoisotopic (exact) mass is 487 g/mol. The van der Waals surface area contributed by atoms with Gasteiger partial charge >= 0.3 is 0 Å². The van der Waals surface area contributed by atoms with Crippen LogP contribution in [0.25, 0.3) is 11.6 Å². The SMILES string of the molecule is O=C(CSc1nnc(-c2ccco2)n1Cc1ccccc1)Nc1ccccc1N1CCCCCC1. The molecule has 4 aromatic rings. The molecular weight excluding hydrogens is 458 g/mol. The van der Waals surface area contributed by atoms with Crippen LogP contribution in [0.1, 0.15) is 31.2 Å². The fourth-order valence-electron chi connectivity index (χ4n) is 4.38. The summed E-state index contributed by atoms with van der Waals surface area (Å²) in [5, 5.41) is 12.5. The molecule has 1 fully saturated rings. The lowest BCUT2D eigenvalue weighted by Crippen LogP contribution is -2.26. The van der Waals surface area contributed by atoms with Crippen LogP contribution >= 0.6 is 11.8 Å². The van der Waals surface area contributed by atoms with Crippen LogP contribution in [0.5, 0.6) is 0 Å². The van der Waals surface area contributed by atoms with Crippen LogP contribution in [0.15, 0.2) is 82.6 Å². The summed E-state index contributed by atoms with van der Waals surface area (Å²) in [6.07, 6.45) is 6.54. The van der Waals surface area contributed by atoms with E-state index in [0.717, 1.165) is 30.0 Å². The second kappa shape index (κ2) is 11.3. The number of furan rings is 1. The number of para-hydroxylation sites is 2. The molecule has 1 N–H and O–H groups in total. The van der Waals surface area contributed by atoms with Crippen LogP contribution in [0.3, 0.4) is 0 Å². The zero-order valence-electron chi connectivity index (χ0n) is 19.6. The van der Waals surface area contributed by atoms with Crippen LogP contribution in [-0.4, -0.2) is 39.5 Å². The number of nitrogens with zero attached hydrogens (tertiary/aromatic N) is 4. The number of hydrogen-bond acceptors (Lipinski definition) is 6. The largest absolute Gasteiger partial charge is 0.461 e. The van der Waals surface area contributed by atoms with Gasteiger partial charge in [0.2, 0.25) is 11.7 Å². The van der Waals surface area contributed by atoms with Crippen molar-refractivity contribution in [3.63, 3.8) is 0 Å². The molecule has 1 aliphatic rings. The van der Waals surface area contributed by atoms with Crippen molar-refractivity contribution in [1.29, 1.82) is 0 Å². The van der Waals surface area contributed by atoms with Crippen LogP contribution < -0.4 is 10.2 Å². The lowest BCUT2D eigenvalue weighted by atomic mass is 10.2. The maximum Gasteiger partial charge on any atom is 0.234 e. The Morgan fingerprint density at radius 1 is 0.914 bits per heavy atom. The second-order valence-electron chi connectivity index (χ2n) is 8.61. The van der Waals surface area contributed by atoms with E-state index in [-0.39, 0.29) is 11.7 Å². The minimum atomic E-state index is -0.0638. The molecular formula is C27H29N5O2S. The highest BCUT2D eigenvalue weighted by Crippen LogP contribution is 2.29. The number of rotatable bonds is 8. The molecule has 35 heavy (non-hydrogen) atoms. The van der Waals surface area contributed by atoms with Gasteiger partial charge in [0.1, 0.15) is 0 Å². The topological polar surface area (TPSA) is 76.2 Å². The van der Waals surface area contributed by atoms with Crippen molar-refractivity contribution in [2.24, 2.45) is 0 Å². The Balaban J connectivity index is 1.30. The third-order valence-corrected chi connectivity index (χ3v) is 7.07. The van der Waals surface area contributed by atoms with Gasteiger partial charge < -0.3 is 14.6 Å². The van der Waals surface area contributed by atoms with Gasteiger partial charge in [-0.15, -0.1) is 10.2 Å². The number of benzene rings is 2. The molecule has 3 heterocycles. The predicted molar refractivity (Wildman–Crippen MR) is 140 cm³/mol. The Morgan fingerprint density at radius 2 is 1.69 bits per heavy atom. The van der Waals surface area contributed by atoms with Crippen LogP contribution in [0.4, 0.5) is 11.4 Å². The molecule has 8 heteroatoms. The summed E-state index contributed by atoms with van der Waals surface area (Å²) in [7, 11) is 0. The first-order valence-electron chi connectivity index (χ1n) is 12.1. The zero-order chi connectivity index (χ0) is 23.9. The minimum Gasteiger partial charge on any atom is -0.461 e. The molecule has 0 bridgehead atoms. The maximum absolute atomic E-state index is 13.0. The number of hydrogen-bond donors (Lipinski definition) is 1. The highest BCUT2D eigenvalue weighted by Gasteiger charge is 2.19. The van der Waals surface area contributed by atoms with E-state index >= 15 is 0 Å². The second-order valence-corrected chi connectivity index (χ2v) is 9.55. The van der Waals surface area contributed by atoms with E-state index in [1.807, 2.05) is 53.1 Å². The van der Waals surface area contributed by atoms with E-state index in [1.165, 1.54) is 37.4 Å². The molecule has 5 rings (SSSR count). The fourth-order valence-corrected chi connectivity index (χ4v) is 5.11. The first kappa shape index (κ1) is 23.2. The quantitative estimate of drug-likeness (QED) is 0.322. The number of carbonyl (C=O) groups excluding carboxylic acids is 1. The van der Waals surface area contributed by atoms with E-state index < -0.39 is 0 Å². The first-order valence-corrected chi connectivity index (χ1v) is 13.0. The molecule has 0 spiro atoms. The summed E-state index contributed by atoms with van der Waals surface area (Å²) >= 11 is 1.38. The first-order chi connectivity index (χ1) is 17.3. The Kier molecular flexibility index (Phi) is 7.48. The maximum atomic E-state index is 13.0. The van der Waals surface area contributed by atoms with Gasteiger partial charge in [-0.3, -0.25) is 9.36 Å². The van der Waals surface area contributed by atoms with Crippen LogP contribution in [-0.2, 0) is 11.3 Å². The highest BCUT2D eigenvalue weighted by atomic mass is 32.2. The highest BCUT2D eigenvalue weighted by molar-refractivity contribution is 7.99. The van der Waals surface area contributed by atoms with Gasteiger partial charge in [0.15, 0.2) is 10.9 Å². The van der Waals surface area contributed by atoms with E-state index in [9.17, 15) is 4.79 Å². The van der Waals surface area contributed by atoms with Crippen molar-refractivity contribution in [1.82, 2.24) is 14.8 Å². The normalized spacial score (nSPS) is 14.0. The van der Waals surface area contributed by atoms with Crippen molar-refractivity contribution in [2.45, 2.75) is 37.4 Å². The molecule has 0 radical (unpaired) electrons. The number of amides is 1. The summed E-state index contributed by atoms with van der Waals surface area (Å²) in [4.78, 5) is 15.4. The van der Waals surface area contributed by atoms with Gasteiger partial charge in [-0.25, -0.2) is 0 Å². The number of aromatic nitrogens is 3.